The molecule has 1 heterocycles. The van der Waals surface area contributed by atoms with Crippen molar-refractivity contribution in [1.29, 1.82) is 0 Å². The maximum Gasteiger partial charge on any atom is 0.0452 e. The van der Waals surface area contributed by atoms with Gasteiger partial charge in [-0.3, -0.25) is 0 Å². The molecule has 1 fully saturated rings. The van der Waals surface area contributed by atoms with Crippen LogP contribution in [0.5, 0.6) is 0 Å². The van der Waals surface area contributed by atoms with Crippen LogP contribution in [0.1, 0.15) is 12.8 Å². The molecule has 0 aromatic heterocycles. The van der Waals surface area contributed by atoms with Crippen molar-refractivity contribution in [2.45, 2.75) is 12.8 Å². The van der Waals surface area contributed by atoms with Crippen molar-refractivity contribution in [3.8, 4) is 0 Å². The lowest BCUT2D eigenvalue weighted by Crippen LogP contribution is -2.17. The third-order valence-electron chi connectivity index (χ3n) is 4.19. The highest BCUT2D eigenvalue weighted by atomic mass is 15.1. The zero-order valence-corrected chi connectivity index (χ0v) is 11.0. The third kappa shape index (κ3) is 1.69. The maximum absolute atomic E-state index is 2.54. The second-order valence-corrected chi connectivity index (χ2v) is 5.36. The molecular formula is C18H17N. The van der Waals surface area contributed by atoms with E-state index < -0.39 is 0 Å². The molecule has 0 amide bonds. The Hall–Kier alpha value is -2.02. The SMILES string of the molecule is c1ccc2c(c1)cc(N1CCCC1)c1ccccc12. The topological polar surface area (TPSA) is 3.24 Å². The maximum atomic E-state index is 2.54. The van der Waals surface area contributed by atoms with Crippen LogP contribution < -0.4 is 4.90 Å². The summed E-state index contributed by atoms with van der Waals surface area (Å²) in [6, 6.07) is 19.9. The summed E-state index contributed by atoms with van der Waals surface area (Å²) in [5, 5.41) is 5.48. The smallest absolute Gasteiger partial charge is 0.0452 e. The molecule has 3 aromatic rings. The van der Waals surface area contributed by atoms with E-state index in [1.165, 1.54) is 53.2 Å². The molecular weight excluding hydrogens is 230 g/mol. The lowest BCUT2D eigenvalue weighted by atomic mass is 10.00. The molecule has 0 spiro atoms. The summed E-state index contributed by atoms with van der Waals surface area (Å²) in [4.78, 5) is 2.54. The fraction of sp³-hybridized carbons (Fsp3) is 0.222. The number of fused-ring (bicyclic) bond motifs is 3. The molecule has 4 rings (SSSR count). The number of benzene rings is 3. The number of nitrogens with zero attached hydrogens (tertiary/aromatic N) is 1. The number of hydrogen-bond donors (Lipinski definition) is 0. The van der Waals surface area contributed by atoms with E-state index in [-0.39, 0.29) is 0 Å². The average Bonchev–Trinajstić information content (AvgIpc) is 3.00. The Morgan fingerprint density at radius 2 is 1.32 bits per heavy atom. The van der Waals surface area contributed by atoms with Gasteiger partial charge in [0.2, 0.25) is 0 Å². The predicted molar refractivity (Wildman–Crippen MR) is 82.9 cm³/mol. The van der Waals surface area contributed by atoms with Gasteiger partial charge in [-0.15, -0.1) is 0 Å². The van der Waals surface area contributed by atoms with Crippen molar-refractivity contribution in [3.63, 3.8) is 0 Å². The van der Waals surface area contributed by atoms with Gasteiger partial charge in [-0.05, 0) is 35.1 Å². The van der Waals surface area contributed by atoms with Crippen LogP contribution in [-0.4, -0.2) is 13.1 Å². The number of anilines is 1. The summed E-state index contributed by atoms with van der Waals surface area (Å²) in [7, 11) is 0. The largest absolute Gasteiger partial charge is 0.371 e. The molecule has 0 atom stereocenters. The van der Waals surface area contributed by atoms with Gasteiger partial charge >= 0.3 is 0 Å². The van der Waals surface area contributed by atoms with E-state index in [9.17, 15) is 0 Å². The van der Waals surface area contributed by atoms with Crippen molar-refractivity contribution in [3.05, 3.63) is 54.6 Å². The Labute approximate surface area is 113 Å². The standard InChI is InChI=1S/C18H17N/c1-2-8-15-14(7-1)13-18(19-11-5-6-12-19)17-10-4-3-9-16(15)17/h1-4,7-10,13H,5-6,11-12H2. The second-order valence-electron chi connectivity index (χ2n) is 5.36. The zero-order valence-electron chi connectivity index (χ0n) is 11.0. The zero-order chi connectivity index (χ0) is 12.7. The second kappa shape index (κ2) is 4.27. The van der Waals surface area contributed by atoms with Gasteiger partial charge in [0.15, 0.2) is 0 Å². The first-order chi connectivity index (χ1) is 9.43. The molecule has 1 aliphatic rings. The molecule has 0 N–H and O–H groups in total. The van der Waals surface area contributed by atoms with Crippen molar-refractivity contribution in [2.24, 2.45) is 0 Å². The summed E-state index contributed by atoms with van der Waals surface area (Å²) in [6.07, 6.45) is 2.64. The van der Waals surface area contributed by atoms with E-state index in [0.29, 0.717) is 0 Å². The third-order valence-corrected chi connectivity index (χ3v) is 4.19. The van der Waals surface area contributed by atoms with Crippen molar-refractivity contribution in [2.75, 3.05) is 18.0 Å². The highest BCUT2D eigenvalue weighted by Gasteiger charge is 2.15. The fourth-order valence-corrected chi connectivity index (χ4v) is 3.25. The summed E-state index contributed by atoms with van der Waals surface area (Å²) < 4.78 is 0. The van der Waals surface area contributed by atoms with Gasteiger partial charge in [-0.2, -0.15) is 0 Å². The minimum absolute atomic E-state index is 1.20. The molecule has 1 heteroatoms. The van der Waals surface area contributed by atoms with Gasteiger partial charge in [0.1, 0.15) is 0 Å². The van der Waals surface area contributed by atoms with E-state index >= 15 is 0 Å². The van der Waals surface area contributed by atoms with Crippen LogP contribution in [0.4, 0.5) is 5.69 Å². The average molecular weight is 247 g/mol. The molecule has 0 bridgehead atoms. The molecule has 94 valence electrons. The van der Waals surface area contributed by atoms with E-state index in [4.69, 9.17) is 0 Å². The Kier molecular flexibility index (Phi) is 2.44. The van der Waals surface area contributed by atoms with Crippen molar-refractivity contribution < 1.29 is 0 Å². The van der Waals surface area contributed by atoms with Crippen LogP contribution in [0.25, 0.3) is 21.5 Å². The Morgan fingerprint density at radius 1 is 0.684 bits per heavy atom. The molecule has 0 unspecified atom stereocenters. The van der Waals surface area contributed by atoms with Gasteiger partial charge in [-0.1, -0.05) is 48.5 Å². The first kappa shape index (κ1) is 10.9. The Bertz CT molecular complexity index is 739. The van der Waals surface area contributed by atoms with Crippen molar-refractivity contribution >= 4 is 27.2 Å². The number of hydrogen-bond acceptors (Lipinski definition) is 1. The lowest BCUT2D eigenvalue weighted by molar-refractivity contribution is 0.949. The minimum atomic E-state index is 1.20. The van der Waals surface area contributed by atoms with Gasteiger partial charge in [0, 0.05) is 24.2 Å². The van der Waals surface area contributed by atoms with Crippen LogP contribution in [-0.2, 0) is 0 Å². The van der Waals surface area contributed by atoms with Crippen LogP contribution in [0.15, 0.2) is 54.6 Å². The summed E-state index contributed by atoms with van der Waals surface area (Å²) in [5.74, 6) is 0. The van der Waals surface area contributed by atoms with Gasteiger partial charge in [-0.25, -0.2) is 0 Å². The fourth-order valence-electron chi connectivity index (χ4n) is 3.25. The quantitative estimate of drug-likeness (QED) is 0.568. The van der Waals surface area contributed by atoms with Gasteiger partial charge < -0.3 is 4.90 Å². The summed E-state index contributed by atoms with van der Waals surface area (Å²) in [6.45, 7) is 2.39. The van der Waals surface area contributed by atoms with E-state index in [1.807, 2.05) is 0 Å². The van der Waals surface area contributed by atoms with Crippen LogP contribution >= 0.6 is 0 Å². The Balaban J connectivity index is 2.09. The summed E-state index contributed by atoms with van der Waals surface area (Å²) >= 11 is 0. The van der Waals surface area contributed by atoms with Crippen LogP contribution in [0, 0.1) is 0 Å². The molecule has 1 aliphatic heterocycles. The van der Waals surface area contributed by atoms with E-state index in [1.54, 1.807) is 0 Å². The van der Waals surface area contributed by atoms with Crippen molar-refractivity contribution in [1.82, 2.24) is 0 Å². The first-order valence-electron chi connectivity index (χ1n) is 7.09. The highest BCUT2D eigenvalue weighted by molar-refractivity contribution is 6.13. The van der Waals surface area contributed by atoms with Gasteiger partial charge in [0.25, 0.3) is 0 Å². The van der Waals surface area contributed by atoms with Crippen LogP contribution in [0.2, 0.25) is 0 Å². The minimum Gasteiger partial charge on any atom is -0.371 e. The highest BCUT2D eigenvalue weighted by Crippen LogP contribution is 2.35. The van der Waals surface area contributed by atoms with E-state index in [0.717, 1.165) is 0 Å². The first-order valence-corrected chi connectivity index (χ1v) is 7.09. The molecule has 1 nitrogen and oxygen atoms in total. The Morgan fingerprint density at radius 3 is 2.11 bits per heavy atom. The van der Waals surface area contributed by atoms with Gasteiger partial charge in [0.05, 0.1) is 0 Å². The normalized spacial score (nSPS) is 15.5. The monoisotopic (exact) mass is 247 g/mol. The van der Waals surface area contributed by atoms with Crippen LogP contribution in [0.3, 0.4) is 0 Å². The molecule has 0 radical (unpaired) electrons. The molecule has 0 aliphatic carbocycles. The van der Waals surface area contributed by atoms with E-state index in [2.05, 4.69) is 59.5 Å². The predicted octanol–water partition coefficient (Wildman–Crippen LogP) is 4.59. The molecule has 19 heavy (non-hydrogen) atoms. The number of rotatable bonds is 1. The molecule has 0 saturated carbocycles. The molecule has 3 aromatic carbocycles. The lowest BCUT2D eigenvalue weighted by Gasteiger charge is -2.21. The summed E-state index contributed by atoms with van der Waals surface area (Å²) in [5.41, 5.74) is 1.41. The molecule has 1 saturated heterocycles.